The maximum atomic E-state index is 10.5. The van der Waals surface area contributed by atoms with Crippen LogP contribution in [0.25, 0.3) is 0 Å². The van der Waals surface area contributed by atoms with Gasteiger partial charge in [0.1, 0.15) is 4.60 Å². The third kappa shape index (κ3) is 3.16. The van der Waals surface area contributed by atoms with E-state index in [9.17, 15) is 4.79 Å². The number of halogens is 1. The second-order valence-corrected chi connectivity index (χ2v) is 8.90. The molecule has 2 aromatic heterocycles. The fraction of sp³-hybridized carbons (Fsp3) is 0.667. The number of aromatic nitrogens is 6. The van der Waals surface area contributed by atoms with Crippen LogP contribution in [0.3, 0.4) is 0 Å². The third-order valence-corrected chi connectivity index (χ3v) is 6.53. The van der Waals surface area contributed by atoms with E-state index in [1.54, 1.807) is 4.68 Å². The van der Waals surface area contributed by atoms with Crippen LogP contribution >= 0.6 is 28.7 Å². The fourth-order valence-electron chi connectivity index (χ4n) is 4.50. The predicted molar refractivity (Wildman–Crippen MR) is 103 cm³/mol. The number of thiol groups is 1. The normalized spacial score (nSPS) is 33.4. The summed E-state index contributed by atoms with van der Waals surface area (Å²) in [5.41, 5.74) is 0.583. The standard InChI is InChI=1S/C8H9N3O2.C7H8BrN3.BHNS/c12-7(13)6-4-11(10-9-6)8-1-5(2-8)3-8;8-6-4-11(10-9-6)7-1-5(2-7)3-7;1-2-3/h4-5H,1-3H2,(H,12,13);4-5H,1-3H2;3H. The molecule has 0 aromatic carbocycles. The van der Waals surface area contributed by atoms with Crippen LogP contribution in [0.15, 0.2) is 21.3 Å². The average molecular weight is 451 g/mol. The first kappa shape index (κ1) is 18.8. The second kappa shape index (κ2) is 6.80. The predicted octanol–water partition coefficient (Wildman–Crippen LogP) is 2.22. The topological polar surface area (TPSA) is 111 Å². The van der Waals surface area contributed by atoms with Gasteiger partial charge in [0.2, 0.25) is 0 Å². The second-order valence-electron chi connectivity index (χ2n) is 7.86. The summed E-state index contributed by atoms with van der Waals surface area (Å²) in [5.74, 6) is 0.855. The SMILES string of the molecule is Brc1cn(C23CC(C2)C3)nn1.O=C(O)c1cn(C23CC(C2)C3)nn1.[B]=NS. The minimum absolute atomic E-state index is 0.0460. The Morgan fingerprint density at radius 1 is 1.11 bits per heavy atom. The maximum absolute atomic E-state index is 10.5. The van der Waals surface area contributed by atoms with Crippen molar-refractivity contribution in [3.05, 3.63) is 22.7 Å². The fourth-order valence-corrected chi connectivity index (χ4v) is 4.76. The average Bonchev–Trinajstić information content (AvgIpc) is 3.04. The Balaban J connectivity index is 0.000000118. The van der Waals surface area contributed by atoms with Crippen LogP contribution in [-0.4, -0.2) is 48.7 Å². The zero-order valence-electron chi connectivity index (χ0n) is 14.4. The summed E-state index contributed by atoms with van der Waals surface area (Å²) in [4.78, 5) is 10.5. The van der Waals surface area contributed by atoms with Gasteiger partial charge in [0, 0.05) is 0 Å². The minimum atomic E-state index is -1.00. The van der Waals surface area contributed by atoms with E-state index in [1.165, 1.54) is 25.5 Å². The Labute approximate surface area is 170 Å². The van der Waals surface area contributed by atoms with Crippen molar-refractivity contribution >= 4 is 42.4 Å². The van der Waals surface area contributed by atoms with E-state index in [0.717, 1.165) is 35.7 Å². The van der Waals surface area contributed by atoms with Crippen molar-refractivity contribution in [1.29, 1.82) is 0 Å². The Bertz CT molecular complexity index is 853. The van der Waals surface area contributed by atoms with Crippen molar-refractivity contribution in [2.24, 2.45) is 16.1 Å². The molecule has 0 saturated heterocycles. The molecule has 8 rings (SSSR count). The zero-order valence-corrected chi connectivity index (χ0v) is 16.9. The molecular weight excluding hydrogens is 433 g/mol. The summed E-state index contributed by atoms with van der Waals surface area (Å²) >= 11 is 6.49. The van der Waals surface area contributed by atoms with Gasteiger partial charge < -0.3 is 5.11 Å². The summed E-state index contributed by atoms with van der Waals surface area (Å²) in [6, 6.07) is 0. The van der Waals surface area contributed by atoms with Gasteiger partial charge in [-0.05, 0) is 66.3 Å². The molecule has 9 nitrogen and oxygen atoms in total. The number of hydrogen-bond donors (Lipinski definition) is 2. The first-order chi connectivity index (χ1) is 12.9. The van der Waals surface area contributed by atoms with Gasteiger partial charge in [0.05, 0.1) is 23.5 Å². The van der Waals surface area contributed by atoms with Gasteiger partial charge in [-0.25, -0.2) is 14.2 Å². The van der Waals surface area contributed by atoms with E-state index >= 15 is 0 Å². The molecule has 6 aliphatic carbocycles. The van der Waals surface area contributed by atoms with E-state index in [4.69, 9.17) is 5.11 Å². The Hall–Kier alpha value is -1.56. The molecule has 1 N–H and O–H groups in total. The monoisotopic (exact) mass is 450 g/mol. The Kier molecular flexibility index (Phi) is 4.73. The van der Waals surface area contributed by atoms with Crippen molar-refractivity contribution in [2.45, 2.75) is 49.6 Å². The van der Waals surface area contributed by atoms with Gasteiger partial charge in [-0.2, -0.15) is 0 Å². The number of nitrogens with zero attached hydrogens (tertiary/aromatic N) is 7. The quantitative estimate of drug-likeness (QED) is 0.547. The van der Waals surface area contributed by atoms with E-state index in [1.807, 2.05) is 10.9 Å². The van der Waals surface area contributed by atoms with Crippen LogP contribution in [0.2, 0.25) is 0 Å². The summed E-state index contributed by atoms with van der Waals surface area (Å²) in [6.45, 7) is 0. The van der Waals surface area contributed by atoms with Crippen LogP contribution in [0.4, 0.5) is 0 Å². The molecular formula is C15H18BBrN7O2S. The van der Waals surface area contributed by atoms with Crippen LogP contribution in [0.1, 0.15) is 49.0 Å². The zero-order chi connectivity index (χ0) is 19.2. The molecule has 1 radical (unpaired) electrons. The van der Waals surface area contributed by atoms with Gasteiger partial charge in [-0.15, -0.1) is 10.2 Å². The number of rotatable bonds is 3. The molecule has 0 atom stereocenters. The molecule has 0 aliphatic heterocycles. The molecule has 2 aromatic rings. The molecule has 6 aliphatic rings. The van der Waals surface area contributed by atoms with Crippen LogP contribution in [0, 0.1) is 11.8 Å². The summed E-state index contributed by atoms with van der Waals surface area (Å²) < 4.78 is 7.30. The first-order valence-electron chi connectivity index (χ1n) is 8.68. The molecule has 6 saturated carbocycles. The number of carbonyl (C=O) groups is 1. The molecule has 0 unspecified atom stereocenters. The van der Waals surface area contributed by atoms with E-state index in [0.29, 0.717) is 5.54 Å². The van der Waals surface area contributed by atoms with E-state index in [-0.39, 0.29) is 11.2 Å². The summed E-state index contributed by atoms with van der Waals surface area (Å²) in [7, 11) is 4.34. The van der Waals surface area contributed by atoms with Crippen LogP contribution in [0.5, 0.6) is 0 Å². The van der Waals surface area contributed by atoms with Gasteiger partial charge in [-0.1, -0.05) is 10.4 Å². The number of hydrogen-bond acceptors (Lipinski definition) is 7. The van der Waals surface area contributed by atoms with E-state index in [2.05, 4.69) is 61.3 Å². The van der Waals surface area contributed by atoms with Crippen molar-refractivity contribution in [1.82, 2.24) is 30.0 Å². The van der Waals surface area contributed by atoms with Crippen molar-refractivity contribution < 1.29 is 9.90 Å². The molecule has 0 amide bonds. The van der Waals surface area contributed by atoms with Gasteiger partial charge >= 0.3 is 30.7 Å². The number of aromatic carboxylic acids is 1. The molecule has 2 heterocycles. The number of carboxylic acid groups (broad SMARTS) is 1. The van der Waals surface area contributed by atoms with Crippen molar-refractivity contribution in [3.63, 3.8) is 0 Å². The first-order valence-corrected chi connectivity index (χ1v) is 9.88. The molecule has 4 bridgehead atoms. The number of carboxylic acids is 1. The summed E-state index contributed by atoms with van der Waals surface area (Å²) in [5, 5.41) is 24.1. The molecule has 6 fully saturated rings. The van der Waals surface area contributed by atoms with Gasteiger partial charge in [0.15, 0.2) is 5.69 Å². The van der Waals surface area contributed by atoms with Gasteiger partial charge in [0.25, 0.3) is 0 Å². The Morgan fingerprint density at radius 2 is 1.56 bits per heavy atom. The molecule has 141 valence electrons. The molecule has 12 heteroatoms. The molecule has 0 spiro atoms. The van der Waals surface area contributed by atoms with Crippen molar-refractivity contribution in [3.8, 4) is 0 Å². The van der Waals surface area contributed by atoms with Gasteiger partial charge in [-0.3, -0.25) is 0 Å². The summed E-state index contributed by atoms with van der Waals surface area (Å²) in [6.07, 6.45) is 10.9. The van der Waals surface area contributed by atoms with Crippen molar-refractivity contribution in [2.75, 3.05) is 0 Å². The van der Waals surface area contributed by atoms with Crippen LogP contribution in [-0.2, 0) is 11.1 Å². The molecule has 27 heavy (non-hydrogen) atoms. The van der Waals surface area contributed by atoms with Crippen LogP contribution < -0.4 is 0 Å². The Morgan fingerprint density at radius 3 is 1.85 bits per heavy atom. The van der Waals surface area contributed by atoms with E-state index < -0.39 is 5.97 Å². The third-order valence-electron chi connectivity index (χ3n) is 6.16.